The maximum atomic E-state index is 6.05. The summed E-state index contributed by atoms with van der Waals surface area (Å²) in [5.74, 6) is 3.38. The van der Waals surface area contributed by atoms with Crippen LogP contribution in [-0.2, 0) is 6.42 Å². The van der Waals surface area contributed by atoms with Crippen molar-refractivity contribution >= 4 is 29.2 Å². The van der Waals surface area contributed by atoms with Gasteiger partial charge in [-0.05, 0) is 30.8 Å². The van der Waals surface area contributed by atoms with Crippen LogP contribution in [0.1, 0.15) is 25.3 Å². The largest absolute Gasteiger partial charge is 0.367 e. The lowest BCUT2D eigenvalue weighted by Gasteiger charge is -2.24. The molecule has 88 valence electrons. The third-order valence-electron chi connectivity index (χ3n) is 2.81. The molecule has 16 heavy (non-hydrogen) atoms. The van der Waals surface area contributed by atoms with Crippen LogP contribution in [0.3, 0.4) is 0 Å². The van der Waals surface area contributed by atoms with Gasteiger partial charge in [-0.1, -0.05) is 18.5 Å². The number of thioether (sulfide) groups is 1. The maximum Gasteiger partial charge on any atom is 0.137 e. The molecule has 0 saturated carbocycles. The minimum Gasteiger partial charge on any atom is -0.367 e. The van der Waals surface area contributed by atoms with Crippen molar-refractivity contribution in [3.05, 3.63) is 17.0 Å². The Hall–Kier alpha value is -0.480. The van der Waals surface area contributed by atoms with Gasteiger partial charge in [0.1, 0.15) is 17.3 Å². The summed E-state index contributed by atoms with van der Waals surface area (Å²) in [5.41, 5.74) is 1.03. The van der Waals surface area contributed by atoms with Gasteiger partial charge in [0.15, 0.2) is 0 Å². The number of anilines is 1. The molecule has 0 radical (unpaired) electrons. The summed E-state index contributed by atoms with van der Waals surface area (Å²) in [7, 11) is 0. The van der Waals surface area contributed by atoms with Crippen molar-refractivity contribution in [3.8, 4) is 0 Å². The van der Waals surface area contributed by atoms with Crippen molar-refractivity contribution in [2.24, 2.45) is 0 Å². The first kappa shape index (κ1) is 12.0. The topological polar surface area (TPSA) is 37.8 Å². The Bertz CT molecular complexity index is 353. The van der Waals surface area contributed by atoms with Crippen LogP contribution in [0.4, 0.5) is 5.82 Å². The molecule has 1 aliphatic rings. The lowest BCUT2D eigenvalue weighted by atomic mass is 10.1. The quantitative estimate of drug-likeness (QED) is 0.845. The van der Waals surface area contributed by atoms with Gasteiger partial charge in [-0.25, -0.2) is 9.97 Å². The number of hydrogen-bond donors (Lipinski definition) is 1. The third kappa shape index (κ3) is 2.80. The molecule has 0 bridgehead atoms. The van der Waals surface area contributed by atoms with Gasteiger partial charge < -0.3 is 5.32 Å². The fourth-order valence-corrected chi connectivity index (χ4v) is 3.24. The first-order valence-electron chi connectivity index (χ1n) is 5.65. The molecular formula is C11H16ClN3S. The highest BCUT2D eigenvalue weighted by Gasteiger charge is 2.16. The molecule has 2 heterocycles. The molecule has 5 heteroatoms. The summed E-state index contributed by atoms with van der Waals surface area (Å²) in [6.45, 7) is 2.08. The van der Waals surface area contributed by atoms with E-state index in [1.54, 1.807) is 0 Å². The number of halogens is 1. The molecule has 1 N–H and O–H groups in total. The van der Waals surface area contributed by atoms with Gasteiger partial charge in [0, 0.05) is 11.6 Å². The van der Waals surface area contributed by atoms with Crippen LogP contribution in [0.15, 0.2) is 6.33 Å². The third-order valence-corrected chi connectivity index (χ3v) is 4.18. The van der Waals surface area contributed by atoms with E-state index < -0.39 is 0 Å². The highest BCUT2D eigenvalue weighted by Crippen LogP contribution is 2.24. The van der Waals surface area contributed by atoms with Crippen LogP contribution >= 0.6 is 23.4 Å². The molecule has 1 fully saturated rings. The van der Waals surface area contributed by atoms with Crippen molar-refractivity contribution in [1.82, 2.24) is 9.97 Å². The van der Waals surface area contributed by atoms with Crippen LogP contribution in [0.2, 0.25) is 5.15 Å². The summed E-state index contributed by atoms with van der Waals surface area (Å²) < 4.78 is 0. The minimum absolute atomic E-state index is 0.539. The van der Waals surface area contributed by atoms with Crippen LogP contribution < -0.4 is 5.32 Å². The van der Waals surface area contributed by atoms with Crippen LogP contribution in [0.5, 0.6) is 0 Å². The van der Waals surface area contributed by atoms with E-state index in [4.69, 9.17) is 11.6 Å². The number of aromatic nitrogens is 2. The second-order valence-corrected chi connectivity index (χ2v) is 5.46. The molecule has 3 nitrogen and oxygen atoms in total. The Kier molecular flexibility index (Phi) is 4.29. The number of nitrogens with zero attached hydrogens (tertiary/aromatic N) is 2. The van der Waals surface area contributed by atoms with Crippen molar-refractivity contribution in [2.45, 2.75) is 32.2 Å². The van der Waals surface area contributed by atoms with Gasteiger partial charge in [0.25, 0.3) is 0 Å². The summed E-state index contributed by atoms with van der Waals surface area (Å²) in [5, 5.41) is 4.07. The summed E-state index contributed by atoms with van der Waals surface area (Å²) in [6.07, 6.45) is 4.80. The standard InChI is InChI=1S/C11H16ClN3S/c1-2-9-10(12)13-7-14-11(9)15-8-3-5-16-6-4-8/h7-8H,2-6H2,1H3,(H,13,14,15). The van der Waals surface area contributed by atoms with E-state index >= 15 is 0 Å². The van der Waals surface area contributed by atoms with Gasteiger partial charge in [-0.3, -0.25) is 0 Å². The lowest BCUT2D eigenvalue weighted by molar-refractivity contribution is 0.662. The van der Waals surface area contributed by atoms with Gasteiger partial charge in [0.05, 0.1) is 0 Å². The van der Waals surface area contributed by atoms with Crippen molar-refractivity contribution in [2.75, 3.05) is 16.8 Å². The Morgan fingerprint density at radius 1 is 1.44 bits per heavy atom. The molecule has 1 aromatic heterocycles. The average Bonchev–Trinajstić information content (AvgIpc) is 2.31. The average molecular weight is 258 g/mol. The van der Waals surface area contributed by atoms with Crippen LogP contribution in [0.25, 0.3) is 0 Å². The molecule has 0 unspecified atom stereocenters. The van der Waals surface area contributed by atoms with E-state index in [0.717, 1.165) is 17.8 Å². The molecule has 0 aromatic carbocycles. The smallest absolute Gasteiger partial charge is 0.137 e. The Morgan fingerprint density at radius 2 is 2.19 bits per heavy atom. The first-order chi connectivity index (χ1) is 7.81. The van der Waals surface area contributed by atoms with Crippen molar-refractivity contribution in [3.63, 3.8) is 0 Å². The summed E-state index contributed by atoms with van der Waals surface area (Å²) in [4.78, 5) is 8.30. The van der Waals surface area contributed by atoms with E-state index in [-0.39, 0.29) is 0 Å². The minimum atomic E-state index is 0.539. The van der Waals surface area contributed by atoms with Crippen LogP contribution in [-0.4, -0.2) is 27.5 Å². The normalized spacial score (nSPS) is 17.4. The Balaban J connectivity index is 2.10. The molecule has 0 aliphatic carbocycles. The fourth-order valence-electron chi connectivity index (χ4n) is 1.86. The zero-order valence-corrected chi connectivity index (χ0v) is 10.9. The van der Waals surface area contributed by atoms with E-state index in [1.807, 2.05) is 11.8 Å². The predicted molar refractivity (Wildman–Crippen MR) is 70.4 cm³/mol. The Morgan fingerprint density at radius 3 is 2.88 bits per heavy atom. The molecule has 0 spiro atoms. The number of nitrogens with one attached hydrogen (secondary N) is 1. The van der Waals surface area contributed by atoms with Crippen LogP contribution in [0, 0.1) is 0 Å². The number of rotatable bonds is 3. The van der Waals surface area contributed by atoms with Crippen molar-refractivity contribution < 1.29 is 0 Å². The molecule has 1 aromatic rings. The number of hydrogen-bond acceptors (Lipinski definition) is 4. The SMILES string of the molecule is CCc1c(Cl)ncnc1NC1CCSCC1. The van der Waals surface area contributed by atoms with Gasteiger partial charge in [-0.15, -0.1) is 0 Å². The molecule has 0 amide bonds. The van der Waals surface area contributed by atoms with Gasteiger partial charge in [-0.2, -0.15) is 11.8 Å². The zero-order valence-electron chi connectivity index (χ0n) is 9.37. The monoisotopic (exact) mass is 257 g/mol. The second-order valence-electron chi connectivity index (χ2n) is 3.88. The fraction of sp³-hybridized carbons (Fsp3) is 0.636. The predicted octanol–water partition coefficient (Wildman–Crippen LogP) is 3.00. The molecule has 1 saturated heterocycles. The zero-order chi connectivity index (χ0) is 11.4. The lowest BCUT2D eigenvalue weighted by Crippen LogP contribution is -2.25. The van der Waals surface area contributed by atoms with Crippen molar-refractivity contribution in [1.29, 1.82) is 0 Å². The molecule has 1 aliphatic heterocycles. The van der Waals surface area contributed by atoms with Gasteiger partial charge in [0.2, 0.25) is 0 Å². The highest BCUT2D eigenvalue weighted by molar-refractivity contribution is 7.99. The molecule has 0 atom stereocenters. The highest BCUT2D eigenvalue weighted by atomic mass is 35.5. The summed E-state index contributed by atoms with van der Waals surface area (Å²) >= 11 is 8.08. The van der Waals surface area contributed by atoms with E-state index in [1.165, 1.54) is 30.7 Å². The van der Waals surface area contributed by atoms with E-state index in [9.17, 15) is 0 Å². The van der Waals surface area contributed by atoms with Gasteiger partial charge >= 0.3 is 0 Å². The molecular weight excluding hydrogens is 242 g/mol. The maximum absolute atomic E-state index is 6.05. The molecule has 2 rings (SSSR count). The first-order valence-corrected chi connectivity index (χ1v) is 7.18. The summed E-state index contributed by atoms with van der Waals surface area (Å²) in [6, 6.07) is 0.539. The second kappa shape index (κ2) is 5.73. The van der Waals surface area contributed by atoms with E-state index in [2.05, 4.69) is 22.2 Å². The Labute approximate surface area is 105 Å². The van der Waals surface area contributed by atoms with E-state index in [0.29, 0.717) is 11.2 Å².